The average molecular weight is 289 g/mol. The fourth-order valence-electron chi connectivity index (χ4n) is 1.65. The fraction of sp³-hybridized carbons (Fsp3) is 0.231. The number of aliphatic hydroxyl groups is 1. The molecule has 0 spiro atoms. The normalized spacial score (nSPS) is 13.2. The van der Waals surface area contributed by atoms with Gasteiger partial charge in [-0.2, -0.15) is 13.2 Å². The minimum atomic E-state index is -4.76. The summed E-state index contributed by atoms with van der Waals surface area (Å²) in [5.74, 6) is -1.05. The van der Waals surface area contributed by atoms with Crippen LogP contribution in [0.4, 0.5) is 23.2 Å². The highest BCUT2D eigenvalue weighted by atomic mass is 19.4. The molecule has 1 unspecified atom stereocenters. The molecule has 0 saturated heterocycles. The van der Waals surface area contributed by atoms with Crippen molar-refractivity contribution < 1.29 is 27.1 Å². The van der Waals surface area contributed by atoms with Gasteiger partial charge < -0.3 is 14.8 Å². The standard InChI is InChI=1S/C13H11F4NO2/c14-10-4-3-8(6-9(10)13(15,16)17)18-7-11(19)12-2-1-5-20-12/h1-6,11,18-19H,7H2. The van der Waals surface area contributed by atoms with Crippen LogP contribution in [0.25, 0.3) is 0 Å². The van der Waals surface area contributed by atoms with Gasteiger partial charge in [0.15, 0.2) is 0 Å². The molecule has 2 rings (SSSR count). The van der Waals surface area contributed by atoms with Crippen LogP contribution < -0.4 is 5.32 Å². The van der Waals surface area contributed by atoms with Crippen LogP contribution in [0.5, 0.6) is 0 Å². The number of hydrogen-bond donors (Lipinski definition) is 2. The van der Waals surface area contributed by atoms with E-state index in [9.17, 15) is 22.7 Å². The van der Waals surface area contributed by atoms with Crippen LogP contribution in [0.3, 0.4) is 0 Å². The molecule has 0 aliphatic rings. The number of rotatable bonds is 4. The van der Waals surface area contributed by atoms with E-state index < -0.39 is 23.7 Å². The van der Waals surface area contributed by atoms with Crippen LogP contribution in [-0.2, 0) is 6.18 Å². The highest BCUT2D eigenvalue weighted by Gasteiger charge is 2.34. The zero-order chi connectivity index (χ0) is 14.8. The number of anilines is 1. The Labute approximate surface area is 111 Å². The lowest BCUT2D eigenvalue weighted by Gasteiger charge is -2.13. The Kier molecular flexibility index (Phi) is 3.99. The third-order valence-corrected chi connectivity index (χ3v) is 2.64. The zero-order valence-electron chi connectivity index (χ0n) is 10.1. The lowest BCUT2D eigenvalue weighted by molar-refractivity contribution is -0.139. The Bertz CT molecular complexity index is 566. The molecule has 20 heavy (non-hydrogen) atoms. The first-order valence-electron chi connectivity index (χ1n) is 5.70. The Morgan fingerprint density at radius 1 is 1.25 bits per heavy atom. The van der Waals surface area contributed by atoms with Crippen LogP contribution in [0.2, 0.25) is 0 Å². The van der Waals surface area contributed by atoms with Crippen LogP contribution in [0.15, 0.2) is 41.0 Å². The Balaban J connectivity index is 2.07. The number of halogens is 4. The predicted octanol–water partition coefficient (Wildman–Crippen LogP) is 3.58. The molecule has 1 aromatic carbocycles. The van der Waals surface area contributed by atoms with Gasteiger partial charge in [0.25, 0.3) is 0 Å². The first-order valence-corrected chi connectivity index (χ1v) is 5.70. The van der Waals surface area contributed by atoms with E-state index in [0.717, 1.165) is 6.07 Å². The van der Waals surface area contributed by atoms with Gasteiger partial charge >= 0.3 is 6.18 Å². The van der Waals surface area contributed by atoms with Gasteiger partial charge in [-0.05, 0) is 30.3 Å². The van der Waals surface area contributed by atoms with E-state index in [1.807, 2.05) is 0 Å². The van der Waals surface area contributed by atoms with Crippen molar-refractivity contribution in [2.75, 3.05) is 11.9 Å². The second kappa shape index (κ2) is 5.54. The molecule has 1 heterocycles. The number of nitrogens with one attached hydrogen (secondary N) is 1. The first-order chi connectivity index (χ1) is 9.38. The van der Waals surface area contributed by atoms with Crippen LogP contribution in [0, 0.1) is 5.82 Å². The summed E-state index contributed by atoms with van der Waals surface area (Å²) in [7, 11) is 0. The molecule has 0 aliphatic carbocycles. The van der Waals surface area contributed by atoms with Crippen molar-refractivity contribution in [2.24, 2.45) is 0 Å². The third kappa shape index (κ3) is 3.30. The average Bonchev–Trinajstić information content (AvgIpc) is 2.90. The highest BCUT2D eigenvalue weighted by Crippen LogP contribution is 2.33. The Hall–Kier alpha value is -2.02. The van der Waals surface area contributed by atoms with Crippen molar-refractivity contribution in [3.05, 3.63) is 53.7 Å². The monoisotopic (exact) mass is 289 g/mol. The SMILES string of the molecule is OC(CNc1ccc(F)c(C(F)(F)F)c1)c1ccco1. The highest BCUT2D eigenvalue weighted by molar-refractivity contribution is 5.47. The number of alkyl halides is 3. The van der Waals surface area contributed by atoms with Crippen molar-refractivity contribution in [3.63, 3.8) is 0 Å². The van der Waals surface area contributed by atoms with Crippen molar-refractivity contribution in [1.82, 2.24) is 0 Å². The molecule has 0 saturated carbocycles. The number of aliphatic hydroxyl groups excluding tert-OH is 1. The van der Waals surface area contributed by atoms with Gasteiger partial charge in [0.2, 0.25) is 0 Å². The van der Waals surface area contributed by atoms with Crippen molar-refractivity contribution in [1.29, 1.82) is 0 Å². The molecule has 3 nitrogen and oxygen atoms in total. The molecule has 2 aromatic rings. The van der Waals surface area contributed by atoms with Gasteiger partial charge in [-0.1, -0.05) is 0 Å². The van der Waals surface area contributed by atoms with E-state index in [0.29, 0.717) is 6.07 Å². The maximum absolute atomic E-state index is 13.1. The summed E-state index contributed by atoms with van der Waals surface area (Å²) in [6.45, 7) is -0.0591. The Morgan fingerprint density at radius 3 is 2.60 bits per heavy atom. The zero-order valence-corrected chi connectivity index (χ0v) is 10.1. The summed E-state index contributed by atoms with van der Waals surface area (Å²) < 4.78 is 55.6. The molecule has 108 valence electrons. The first kappa shape index (κ1) is 14.4. The molecule has 1 atom stereocenters. The second-order valence-corrected chi connectivity index (χ2v) is 4.10. The summed E-state index contributed by atoms with van der Waals surface area (Å²) in [6.07, 6.45) is -4.40. The molecule has 7 heteroatoms. The molecule has 1 aromatic heterocycles. The molecule has 0 aliphatic heterocycles. The topological polar surface area (TPSA) is 45.4 Å². The van der Waals surface area contributed by atoms with Crippen molar-refractivity contribution in [3.8, 4) is 0 Å². The van der Waals surface area contributed by atoms with E-state index in [4.69, 9.17) is 4.42 Å². The third-order valence-electron chi connectivity index (χ3n) is 2.64. The minimum absolute atomic E-state index is 0.0591. The maximum Gasteiger partial charge on any atom is 0.419 e. The quantitative estimate of drug-likeness (QED) is 0.846. The summed E-state index contributed by atoms with van der Waals surface area (Å²) in [6, 6.07) is 5.67. The van der Waals surface area contributed by atoms with Gasteiger partial charge in [-0.3, -0.25) is 0 Å². The van der Waals surface area contributed by atoms with Gasteiger partial charge in [0.1, 0.15) is 17.7 Å². The van der Waals surface area contributed by atoms with E-state index in [2.05, 4.69) is 5.32 Å². The smallest absolute Gasteiger partial charge is 0.419 e. The van der Waals surface area contributed by atoms with Gasteiger partial charge in [0.05, 0.1) is 11.8 Å². The van der Waals surface area contributed by atoms with Crippen LogP contribution in [0.1, 0.15) is 17.4 Å². The minimum Gasteiger partial charge on any atom is -0.467 e. The van der Waals surface area contributed by atoms with E-state index in [1.54, 1.807) is 6.07 Å². The maximum atomic E-state index is 13.1. The largest absolute Gasteiger partial charge is 0.467 e. The second-order valence-electron chi connectivity index (χ2n) is 4.10. The van der Waals surface area contributed by atoms with Crippen LogP contribution >= 0.6 is 0 Å². The summed E-state index contributed by atoms with van der Waals surface area (Å²) in [5, 5.41) is 12.3. The van der Waals surface area contributed by atoms with Gasteiger partial charge in [-0.15, -0.1) is 0 Å². The molecular formula is C13H11F4NO2. The van der Waals surface area contributed by atoms with E-state index in [-0.39, 0.29) is 18.0 Å². The fourth-order valence-corrected chi connectivity index (χ4v) is 1.65. The van der Waals surface area contributed by atoms with Crippen molar-refractivity contribution >= 4 is 5.69 Å². The molecule has 0 radical (unpaired) electrons. The number of furan rings is 1. The summed E-state index contributed by atoms with van der Waals surface area (Å²) in [4.78, 5) is 0. The number of benzene rings is 1. The molecule has 0 fully saturated rings. The van der Waals surface area contributed by atoms with Gasteiger partial charge in [-0.25, -0.2) is 4.39 Å². The number of hydrogen-bond acceptors (Lipinski definition) is 3. The molecule has 0 bridgehead atoms. The van der Waals surface area contributed by atoms with E-state index >= 15 is 0 Å². The lowest BCUT2D eigenvalue weighted by atomic mass is 10.1. The summed E-state index contributed by atoms with van der Waals surface area (Å²) >= 11 is 0. The van der Waals surface area contributed by atoms with Crippen LogP contribution in [-0.4, -0.2) is 11.7 Å². The molecular weight excluding hydrogens is 278 g/mol. The lowest BCUT2D eigenvalue weighted by Crippen LogP contribution is -2.13. The Morgan fingerprint density at radius 2 is 2.00 bits per heavy atom. The molecule has 0 amide bonds. The summed E-state index contributed by atoms with van der Waals surface area (Å²) in [5.41, 5.74) is -1.29. The van der Waals surface area contributed by atoms with Crippen molar-refractivity contribution in [2.45, 2.75) is 12.3 Å². The predicted molar refractivity (Wildman–Crippen MR) is 63.6 cm³/mol. The van der Waals surface area contributed by atoms with Gasteiger partial charge in [0, 0.05) is 12.2 Å². The molecule has 2 N–H and O–H groups in total. The van der Waals surface area contributed by atoms with E-state index in [1.165, 1.54) is 18.4 Å².